The molecule has 0 saturated carbocycles. The van der Waals surface area contributed by atoms with Gasteiger partial charge in [-0.3, -0.25) is 0 Å². The van der Waals surface area contributed by atoms with Crippen molar-refractivity contribution in [3.63, 3.8) is 0 Å². The van der Waals surface area contributed by atoms with Crippen LogP contribution in [0.5, 0.6) is 0 Å². The Labute approximate surface area is 132 Å². The number of hydrogen-bond donors (Lipinski definition) is 1. The Morgan fingerprint density at radius 1 is 1.05 bits per heavy atom. The second-order valence-corrected chi connectivity index (χ2v) is 6.30. The molecule has 0 spiro atoms. The number of nitrogens with one attached hydrogen (secondary N) is 1. The van der Waals surface area contributed by atoms with Gasteiger partial charge in [0.05, 0.1) is 26.2 Å². The Hall–Kier alpha value is -1.87. The molecule has 0 unspecified atom stereocenters. The molecule has 0 bridgehead atoms. The zero-order valence-electron chi connectivity index (χ0n) is 13.4. The summed E-state index contributed by atoms with van der Waals surface area (Å²) in [5.41, 5.74) is 4.83. The topological polar surface area (TPSA) is 7.68 Å². The molecule has 0 amide bonds. The largest absolute Gasteiger partial charge is 0.360 e. The average Bonchev–Trinajstić information content (AvgIpc) is 2.53. The highest BCUT2D eigenvalue weighted by atomic mass is 19.1. The van der Waals surface area contributed by atoms with Gasteiger partial charge in [-0.05, 0) is 37.1 Å². The molecule has 22 heavy (non-hydrogen) atoms. The summed E-state index contributed by atoms with van der Waals surface area (Å²) in [6.07, 6.45) is 0. The fourth-order valence-electron chi connectivity index (χ4n) is 3.21. The highest BCUT2D eigenvalue weighted by molar-refractivity contribution is 5.55. The fraction of sp³-hybridized carbons (Fsp3) is 0.368. The molecule has 2 aromatic carbocycles. The van der Waals surface area contributed by atoms with Crippen LogP contribution in [0.15, 0.2) is 42.5 Å². The van der Waals surface area contributed by atoms with Crippen LogP contribution in [0.4, 0.5) is 10.1 Å². The first-order valence-electron chi connectivity index (χ1n) is 8.02. The van der Waals surface area contributed by atoms with Crippen LogP contribution in [0.25, 0.3) is 0 Å². The van der Waals surface area contributed by atoms with Gasteiger partial charge in [0.25, 0.3) is 0 Å². The number of rotatable bonds is 3. The number of anilines is 1. The SMILES string of the molecule is Cc1ccc(C)c(N2CC[NH+](Cc3ccccc3F)CC2)c1. The van der Waals surface area contributed by atoms with E-state index in [-0.39, 0.29) is 5.82 Å². The van der Waals surface area contributed by atoms with E-state index < -0.39 is 0 Å². The molecule has 1 heterocycles. The predicted molar refractivity (Wildman–Crippen MR) is 88.9 cm³/mol. The molecule has 2 nitrogen and oxygen atoms in total. The van der Waals surface area contributed by atoms with Crippen molar-refractivity contribution in [2.24, 2.45) is 0 Å². The Balaban J connectivity index is 1.63. The first-order chi connectivity index (χ1) is 10.6. The molecule has 0 atom stereocenters. The maximum Gasteiger partial charge on any atom is 0.132 e. The minimum Gasteiger partial charge on any atom is -0.360 e. The van der Waals surface area contributed by atoms with E-state index in [9.17, 15) is 4.39 Å². The number of quaternary nitrogens is 1. The summed E-state index contributed by atoms with van der Waals surface area (Å²) in [6.45, 7) is 9.29. The van der Waals surface area contributed by atoms with Crippen LogP contribution < -0.4 is 9.80 Å². The van der Waals surface area contributed by atoms with E-state index in [1.54, 1.807) is 12.1 Å². The van der Waals surface area contributed by atoms with Crippen LogP contribution in [-0.4, -0.2) is 26.2 Å². The lowest BCUT2D eigenvalue weighted by Gasteiger charge is -2.34. The number of nitrogens with zero attached hydrogens (tertiary/aromatic N) is 1. The summed E-state index contributed by atoms with van der Waals surface area (Å²) < 4.78 is 13.8. The summed E-state index contributed by atoms with van der Waals surface area (Å²) >= 11 is 0. The van der Waals surface area contributed by atoms with E-state index in [0.29, 0.717) is 0 Å². The minimum atomic E-state index is -0.0769. The van der Waals surface area contributed by atoms with Gasteiger partial charge < -0.3 is 9.80 Å². The van der Waals surface area contributed by atoms with Crippen molar-refractivity contribution in [1.29, 1.82) is 0 Å². The van der Waals surface area contributed by atoms with Crippen LogP contribution >= 0.6 is 0 Å². The highest BCUT2D eigenvalue weighted by Crippen LogP contribution is 2.21. The van der Waals surface area contributed by atoms with Gasteiger partial charge in [0, 0.05) is 11.3 Å². The second-order valence-electron chi connectivity index (χ2n) is 6.30. The van der Waals surface area contributed by atoms with Gasteiger partial charge >= 0.3 is 0 Å². The standard InChI is InChI=1S/C19H23FN2/c1-15-7-8-16(2)19(13-15)22-11-9-21(10-12-22)14-17-5-3-4-6-18(17)20/h3-8,13H,9-12,14H2,1-2H3/p+1. The number of benzene rings is 2. The molecule has 0 radical (unpaired) electrons. The molecule has 0 aromatic heterocycles. The van der Waals surface area contributed by atoms with Crippen LogP contribution in [0, 0.1) is 19.7 Å². The number of halogens is 1. The van der Waals surface area contributed by atoms with Gasteiger partial charge in [0.1, 0.15) is 12.4 Å². The molecule has 1 aliphatic rings. The van der Waals surface area contributed by atoms with E-state index in [4.69, 9.17) is 0 Å². The van der Waals surface area contributed by atoms with E-state index in [0.717, 1.165) is 38.3 Å². The van der Waals surface area contributed by atoms with Crippen molar-refractivity contribution in [3.8, 4) is 0 Å². The fourth-order valence-corrected chi connectivity index (χ4v) is 3.21. The quantitative estimate of drug-likeness (QED) is 0.914. The first kappa shape index (κ1) is 15.0. The third-order valence-corrected chi connectivity index (χ3v) is 4.57. The molecule has 1 aliphatic heterocycles. The lowest BCUT2D eigenvalue weighted by molar-refractivity contribution is -0.914. The summed E-state index contributed by atoms with van der Waals surface area (Å²) in [6, 6.07) is 13.8. The molecule has 1 N–H and O–H groups in total. The Bertz CT molecular complexity index is 646. The first-order valence-corrected chi connectivity index (χ1v) is 8.02. The normalized spacial score (nSPS) is 16.0. The van der Waals surface area contributed by atoms with Crippen molar-refractivity contribution in [3.05, 3.63) is 65.0 Å². The lowest BCUT2D eigenvalue weighted by atomic mass is 10.1. The number of aryl methyl sites for hydroxylation is 2. The van der Waals surface area contributed by atoms with E-state index in [2.05, 4.69) is 36.9 Å². The summed E-state index contributed by atoms with van der Waals surface area (Å²) in [4.78, 5) is 3.93. The summed E-state index contributed by atoms with van der Waals surface area (Å²) in [7, 11) is 0. The van der Waals surface area contributed by atoms with Gasteiger partial charge in [0.2, 0.25) is 0 Å². The van der Waals surface area contributed by atoms with E-state index in [1.165, 1.54) is 21.7 Å². The number of hydrogen-bond acceptors (Lipinski definition) is 1. The molecule has 3 rings (SSSR count). The zero-order chi connectivity index (χ0) is 15.5. The molecule has 116 valence electrons. The Kier molecular flexibility index (Phi) is 4.44. The molecule has 0 aliphatic carbocycles. The average molecular weight is 299 g/mol. The molecular formula is C19H24FN2+. The Morgan fingerprint density at radius 3 is 2.50 bits per heavy atom. The number of piperazine rings is 1. The predicted octanol–water partition coefficient (Wildman–Crippen LogP) is 2.35. The third kappa shape index (κ3) is 3.30. The van der Waals surface area contributed by atoms with Crippen LogP contribution in [0.2, 0.25) is 0 Å². The Morgan fingerprint density at radius 2 is 1.77 bits per heavy atom. The second kappa shape index (κ2) is 6.49. The molecule has 1 saturated heterocycles. The maximum absolute atomic E-state index is 13.8. The summed E-state index contributed by atoms with van der Waals surface area (Å²) in [5.74, 6) is -0.0769. The van der Waals surface area contributed by atoms with Crippen molar-refractivity contribution in [2.45, 2.75) is 20.4 Å². The van der Waals surface area contributed by atoms with Gasteiger partial charge in [-0.2, -0.15) is 0 Å². The van der Waals surface area contributed by atoms with Gasteiger partial charge in [0.15, 0.2) is 0 Å². The minimum absolute atomic E-state index is 0.0769. The van der Waals surface area contributed by atoms with Crippen LogP contribution in [-0.2, 0) is 6.54 Å². The maximum atomic E-state index is 13.8. The molecule has 3 heteroatoms. The monoisotopic (exact) mass is 299 g/mol. The van der Waals surface area contributed by atoms with Gasteiger partial charge in [-0.25, -0.2) is 4.39 Å². The van der Waals surface area contributed by atoms with E-state index >= 15 is 0 Å². The smallest absolute Gasteiger partial charge is 0.132 e. The van der Waals surface area contributed by atoms with Crippen molar-refractivity contribution in [2.75, 3.05) is 31.1 Å². The molecule has 1 fully saturated rings. The molecular weight excluding hydrogens is 275 g/mol. The van der Waals surface area contributed by atoms with Crippen LogP contribution in [0.1, 0.15) is 16.7 Å². The lowest BCUT2D eigenvalue weighted by Crippen LogP contribution is -3.13. The van der Waals surface area contributed by atoms with Crippen molar-refractivity contribution < 1.29 is 9.29 Å². The van der Waals surface area contributed by atoms with E-state index in [1.807, 2.05) is 12.1 Å². The highest BCUT2D eigenvalue weighted by Gasteiger charge is 2.22. The third-order valence-electron chi connectivity index (χ3n) is 4.57. The molecule has 2 aromatic rings. The zero-order valence-corrected chi connectivity index (χ0v) is 13.4. The van der Waals surface area contributed by atoms with Crippen LogP contribution in [0.3, 0.4) is 0 Å². The van der Waals surface area contributed by atoms with Crippen molar-refractivity contribution >= 4 is 5.69 Å². The van der Waals surface area contributed by atoms with Crippen molar-refractivity contribution in [1.82, 2.24) is 0 Å². The van der Waals surface area contributed by atoms with Gasteiger partial charge in [-0.15, -0.1) is 0 Å². The van der Waals surface area contributed by atoms with Gasteiger partial charge in [-0.1, -0.05) is 30.3 Å². The summed E-state index contributed by atoms with van der Waals surface area (Å²) in [5, 5.41) is 0.